The molecule has 5 nitrogen and oxygen atoms in total. The lowest BCUT2D eigenvalue weighted by Crippen LogP contribution is -2.33. The van der Waals surface area contributed by atoms with Crippen LogP contribution in [0.1, 0.15) is 38.3 Å². The summed E-state index contributed by atoms with van der Waals surface area (Å²) in [5, 5.41) is 3.28. The molecule has 19 heavy (non-hydrogen) atoms. The lowest BCUT2D eigenvalue weighted by atomic mass is 9.93. The highest BCUT2D eigenvalue weighted by molar-refractivity contribution is 5.72. The molecule has 1 aromatic heterocycles. The van der Waals surface area contributed by atoms with Crippen LogP contribution in [0.5, 0.6) is 0 Å². The maximum absolute atomic E-state index is 11.1. The molecule has 0 saturated carbocycles. The number of oxazole rings is 1. The molecule has 5 heteroatoms. The van der Waals surface area contributed by atoms with Crippen LogP contribution in [-0.4, -0.2) is 17.6 Å². The van der Waals surface area contributed by atoms with Gasteiger partial charge in [-0.05, 0) is 51.4 Å². The van der Waals surface area contributed by atoms with Crippen molar-refractivity contribution < 1.29 is 4.42 Å². The summed E-state index contributed by atoms with van der Waals surface area (Å²) in [5.41, 5.74) is 8.28. The molecule has 4 N–H and O–H groups in total. The quantitative estimate of drug-likeness (QED) is 0.769. The first-order chi connectivity index (χ1) is 8.89. The minimum Gasteiger partial charge on any atom is -0.408 e. The van der Waals surface area contributed by atoms with E-state index in [-0.39, 0.29) is 11.6 Å². The number of nitrogens with one attached hydrogen (secondary N) is 2. The van der Waals surface area contributed by atoms with Crippen LogP contribution in [-0.2, 0) is 0 Å². The summed E-state index contributed by atoms with van der Waals surface area (Å²) in [4.78, 5) is 13.8. The number of fused-ring (bicyclic) bond motifs is 1. The molecule has 1 aromatic carbocycles. The fraction of sp³-hybridized carbons (Fsp3) is 0.500. The van der Waals surface area contributed by atoms with Crippen molar-refractivity contribution in [1.82, 2.24) is 10.3 Å². The van der Waals surface area contributed by atoms with Crippen molar-refractivity contribution >= 4 is 11.1 Å². The second-order valence-electron chi connectivity index (χ2n) is 5.64. The number of benzene rings is 1. The normalized spacial score (nSPS) is 13.9. The molecule has 1 unspecified atom stereocenters. The standard InChI is InChI=1S/C14H21N3O2/c1-14(2,15)7-6-10(16-3)9-4-5-12-11(8-9)17-13(18)19-12/h4-5,8,10,16H,6-7,15H2,1-3H3,(H,17,18). The van der Waals surface area contributed by atoms with Gasteiger partial charge in [0.05, 0.1) is 5.52 Å². The van der Waals surface area contributed by atoms with E-state index in [0.717, 1.165) is 23.9 Å². The van der Waals surface area contributed by atoms with E-state index in [0.29, 0.717) is 5.58 Å². The Balaban J connectivity index is 2.22. The second kappa shape index (κ2) is 5.19. The predicted octanol–water partition coefficient (Wildman–Crippen LogP) is 1.90. The molecule has 0 radical (unpaired) electrons. The molecule has 0 saturated heterocycles. The fourth-order valence-electron chi connectivity index (χ4n) is 2.18. The minimum atomic E-state index is -0.420. The SMILES string of the molecule is CNC(CCC(C)(C)N)c1ccc2oc(=O)[nH]c2c1. The molecule has 104 valence electrons. The van der Waals surface area contributed by atoms with E-state index in [1.54, 1.807) is 0 Å². The molecule has 0 aliphatic rings. The third-order valence-corrected chi connectivity index (χ3v) is 3.27. The van der Waals surface area contributed by atoms with Gasteiger partial charge in [-0.15, -0.1) is 0 Å². The Morgan fingerprint density at radius 2 is 2.21 bits per heavy atom. The van der Waals surface area contributed by atoms with Gasteiger partial charge in [0.1, 0.15) is 0 Å². The van der Waals surface area contributed by atoms with E-state index in [9.17, 15) is 4.79 Å². The molecule has 0 amide bonds. The fourth-order valence-corrected chi connectivity index (χ4v) is 2.18. The van der Waals surface area contributed by atoms with Gasteiger partial charge in [-0.3, -0.25) is 4.98 Å². The number of aromatic nitrogens is 1. The van der Waals surface area contributed by atoms with E-state index in [2.05, 4.69) is 10.3 Å². The van der Waals surface area contributed by atoms with Gasteiger partial charge < -0.3 is 15.5 Å². The minimum absolute atomic E-state index is 0.177. The topological polar surface area (TPSA) is 84.0 Å². The van der Waals surface area contributed by atoms with Gasteiger partial charge in [0.2, 0.25) is 0 Å². The Hall–Kier alpha value is -1.59. The van der Waals surface area contributed by atoms with Crippen LogP contribution < -0.4 is 16.8 Å². The smallest absolute Gasteiger partial charge is 0.408 e. The van der Waals surface area contributed by atoms with Crippen LogP contribution in [0.25, 0.3) is 11.1 Å². The van der Waals surface area contributed by atoms with Gasteiger partial charge in [0.15, 0.2) is 5.58 Å². The lowest BCUT2D eigenvalue weighted by molar-refractivity contribution is 0.411. The average Bonchev–Trinajstić information content (AvgIpc) is 2.67. The van der Waals surface area contributed by atoms with E-state index < -0.39 is 5.76 Å². The van der Waals surface area contributed by atoms with Gasteiger partial charge >= 0.3 is 5.76 Å². The van der Waals surface area contributed by atoms with Crippen LogP contribution in [0.3, 0.4) is 0 Å². The number of nitrogens with two attached hydrogens (primary N) is 1. The Labute approximate surface area is 112 Å². The van der Waals surface area contributed by atoms with Crippen LogP contribution in [0.15, 0.2) is 27.4 Å². The Kier molecular flexibility index (Phi) is 3.78. The highest BCUT2D eigenvalue weighted by atomic mass is 16.4. The van der Waals surface area contributed by atoms with E-state index >= 15 is 0 Å². The van der Waals surface area contributed by atoms with Gasteiger partial charge in [-0.2, -0.15) is 0 Å². The van der Waals surface area contributed by atoms with Crippen LogP contribution in [0, 0.1) is 0 Å². The van der Waals surface area contributed by atoms with Crippen molar-refractivity contribution in [2.75, 3.05) is 7.05 Å². The van der Waals surface area contributed by atoms with Crippen molar-refractivity contribution in [1.29, 1.82) is 0 Å². The summed E-state index contributed by atoms with van der Waals surface area (Å²) < 4.78 is 5.00. The van der Waals surface area contributed by atoms with Gasteiger partial charge in [-0.25, -0.2) is 4.79 Å². The van der Waals surface area contributed by atoms with Gasteiger partial charge in [0.25, 0.3) is 0 Å². The van der Waals surface area contributed by atoms with Crippen molar-refractivity contribution in [2.45, 2.75) is 38.3 Å². The van der Waals surface area contributed by atoms with Crippen LogP contribution >= 0.6 is 0 Å². The molecule has 1 atom stereocenters. The van der Waals surface area contributed by atoms with Crippen LogP contribution in [0.2, 0.25) is 0 Å². The first-order valence-corrected chi connectivity index (χ1v) is 6.48. The van der Waals surface area contributed by atoms with Crippen molar-refractivity contribution in [3.8, 4) is 0 Å². The maximum Gasteiger partial charge on any atom is 0.417 e. The maximum atomic E-state index is 11.1. The molecule has 0 spiro atoms. The number of aromatic amines is 1. The summed E-state index contributed by atoms with van der Waals surface area (Å²) in [7, 11) is 1.93. The van der Waals surface area contributed by atoms with Crippen LogP contribution in [0.4, 0.5) is 0 Å². The second-order valence-corrected chi connectivity index (χ2v) is 5.64. The predicted molar refractivity (Wildman–Crippen MR) is 76.1 cm³/mol. The summed E-state index contributed by atoms with van der Waals surface area (Å²) in [6, 6.07) is 5.96. The number of hydrogen-bond donors (Lipinski definition) is 3. The van der Waals surface area contributed by atoms with E-state index in [1.807, 2.05) is 39.1 Å². The zero-order chi connectivity index (χ0) is 14.0. The van der Waals surface area contributed by atoms with Crippen molar-refractivity contribution in [3.05, 3.63) is 34.3 Å². The van der Waals surface area contributed by atoms with Gasteiger partial charge in [-0.1, -0.05) is 6.07 Å². The third kappa shape index (κ3) is 3.45. The number of H-pyrrole nitrogens is 1. The number of rotatable bonds is 5. The average molecular weight is 263 g/mol. The molecule has 0 fully saturated rings. The highest BCUT2D eigenvalue weighted by Gasteiger charge is 2.16. The Bertz CT molecular complexity index is 607. The highest BCUT2D eigenvalue weighted by Crippen LogP contribution is 2.24. The third-order valence-electron chi connectivity index (χ3n) is 3.27. The molecule has 0 aliphatic carbocycles. The van der Waals surface area contributed by atoms with Crippen molar-refractivity contribution in [3.63, 3.8) is 0 Å². The van der Waals surface area contributed by atoms with E-state index in [1.165, 1.54) is 0 Å². The molecule has 2 aromatic rings. The molecule has 0 bridgehead atoms. The number of hydrogen-bond acceptors (Lipinski definition) is 4. The monoisotopic (exact) mass is 263 g/mol. The zero-order valence-electron chi connectivity index (χ0n) is 11.6. The van der Waals surface area contributed by atoms with E-state index in [4.69, 9.17) is 10.2 Å². The summed E-state index contributed by atoms with van der Waals surface area (Å²) in [6.07, 6.45) is 1.85. The van der Waals surface area contributed by atoms with Crippen molar-refractivity contribution in [2.24, 2.45) is 5.73 Å². The Morgan fingerprint density at radius 1 is 1.47 bits per heavy atom. The molecule has 1 heterocycles. The summed E-state index contributed by atoms with van der Waals surface area (Å²) >= 11 is 0. The summed E-state index contributed by atoms with van der Waals surface area (Å²) in [5.74, 6) is -0.420. The Morgan fingerprint density at radius 3 is 2.84 bits per heavy atom. The lowest BCUT2D eigenvalue weighted by Gasteiger charge is -2.23. The molecule has 0 aliphatic heterocycles. The first-order valence-electron chi connectivity index (χ1n) is 6.48. The molecular weight excluding hydrogens is 242 g/mol. The van der Waals surface area contributed by atoms with Gasteiger partial charge in [0, 0.05) is 11.6 Å². The molecular formula is C14H21N3O2. The summed E-state index contributed by atoms with van der Waals surface area (Å²) in [6.45, 7) is 4.05. The largest absolute Gasteiger partial charge is 0.417 e. The molecule has 2 rings (SSSR count). The zero-order valence-corrected chi connectivity index (χ0v) is 11.6. The first kappa shape index (κ1) is 13.8.